The fourth-order valence-corrected chi connectivity index (χ4v) is 3.11. The van der Waals surface area contributed by atoms with Crippen LogP contribution in [-0.2, 0) is 4.79 Å². The minimum absolute atomic E-state index is 0. The molecule has 5 nitrogen and oxygen atoms in total. The van der Waals surface area contributed by atoms with Crippen molar-refractivity contribution in [3.8, 4) is 11.5 Å². The number of aryl methyl sites for hydroxylation is 1. The highest BCUT2D eigenvalue weighted by Gasteiger charge is 2.37. The summed E-state index contributed by atoms with van der Waals surface area (Å²) in [5, 5.41) is 3.05. The van der Waals surface area contributed by atoms with E-state index in [0.29, 0.717) is 11.5 Å². The molecule has 0 aromatic heterocycles. The molecule has 1 aliphatic rings. The highest BCUT2D eigenvalue weighted by molar-refractivity contribution is 5.86. The Morgan fingerprint density at radius 2 is 1.74 bits per heavy atom. The number of benzene rings is 1. The SMILES string of the molecule is COc1cc(C)c(C(C)NC(=O)C2(N)CCCC2)cc1OC.Cl. The van der Waals surface area contributed by atoms with Crippen LogP contribution in [0, 0.1) is 6.92 Å². The summed E-state index contributed by atoms with van der Waals surface area (Å²) in [7, 11) is 3.22. The lowest BCUT2D eigenvalue weighted by molar-refractivity contribution is -0.126. The summed E-state index contributed by atoms with van der Waals surface area (Å²) in [6, 6.07) is 3.70. The van der Waals surface area contributed by atoms with Crippen molar-refractivity contribution in [1.29, 1.82) is 0 Å². The van der Waals surface area contributed by atoms with E-state index in [2.05, 4.69) is 5.32 Å². The second-order valence-electron chi connectivity index (χ2n) is 6.12. The Bertz CT molecular complexity index is 557. The van der Waals surface area contributed by atoms with Crippen molar-refractivity contribution in [2.75, 3.05) is 14.2 Å². The van der Waals surface area contributed by atoms with Crippen molar-refractivity contribution in [2.45, 2.75) is 51.1 Å². The molecular weight excluding hydrogens is 316 g/mol. The van der Waals surface area contributed by atoms with Crippen molar-refractivity contribution < 1.29 is 14.3 Å². The number of carbonyl (C=O) groups is 1. The van der Waals surface area contributed by atoms with Gasteiger partial charge in [0, 0.05) is 0 Å². The van der Waals surface area contributed by atoms with Crippen LogP contribution < -0.4 is 20.5 Å². The van der Waals surface area contributed by atoms with Crippen molar-refractivity contribution in [3.63, 3.8) is 0 Å². The van der Waals surface area contributed by atoms with Gasteiger partial charge in [0.25, 0.3) is 0 Å². The average Bonchev–Trinajstić information content (AvgIpc) is 2.94. The first-order valence-corrected chi connectivity index (χ1v) is 7.73. The van der Waals surface area contributed by atoms with Gasteiger partial charge in [-0.15, -0.1) is 12.4 Å². The third-order valence-corrected chi connectivity index (χ3v) is 4.53. The first kappa shape index (κ1) is 19.6. The molecule has 130 valence electrons. The van der Waals surface area contributed by atoms with Gasteiger partial charge < -0.3 is 20.5 Å². The number of carbonyl (C=O) groups excluding carboxylic acids is 1. The van der Waals surface area contributed by atoms with E-state index in [1.807, 2.05) is 26.0 Å². The third-order valence-electron chi connectivity index (χ3n) is 4.53. The first-order chi connectivity index (χ1) is 10.4. The molecular formula is C17H27ClN2O3. The lowest BCUT2D eigenvalue weighted by Crippen LogP contribution is -2.52. The zero-order valence-electron chi connectivity index (χ0n) is 14.3. The van der Waals surface area contributed by atoms with Gasteiger partial charge in [-0.05, 0) is 49.9 Å². The minimum atomic E-state index is -0.710. The first-order valence-electron chi connectivity index (χ1n) is 7.73. The number of nitrogens with one attached hydrogen (secondary N) is 1. The van der Waals surface area contributed by atoms with E-state index >= 15 is 0 Å². The summed E-state index contributed by atoms with van der Waals surface area (Å²) < 4.78 is 10.6. The second-order valence-corrected chi connectivity index (χ2v) is 6.12. The molecule has 2 rings (SSSR count). The normalized spacial score (nSPS) is 17.1. The van der Waals surface area contributed by atoms with E-state index in [1.165, 1.54) is 0 Å². The van der Waals surface area contributed by atoms with Crippen LogP contribution in [0.1, 0.15) is 49.8 Å². The van der Waals surface area contributed by atoms with Gasteiger partial charge in [-0.3, -0.25) is 4.79 Å². The molecule has 0 spiro atoms. The van der Waals surface area contributed by atoms with Crippen molar-refractivity contribution in [3.05, 3.63) is 23.3 Å². The molecule has 3 N–H and O–H groups in total. The molecule has 0 bridgehead atoms. The maximum absolute atomic E-state index is 12.4. The predicted molar refractivity (Wildman–Crippen MR) is 93.5 cm³/mol. The van der Waals surface area contributed by atoms with E-state index < -0.39 is 5.54 Å². The van der Waals surface area contributed by atoms with E-state index in [0.717, 1.165) is 36.8 Å². The molecule has 0 radical (unpaired) electrons. The van der Waals surface area contributed by atoms with Crippen LogP contribution in [0.3, 0.4) is 0 Å². The van der Waals surface area contributed by atoms with Gasteiger partial charge in [-0.2, -0.15) is 0 Å². The fraction of sp³-hybridized carbons (Fsp3) is 0.588. The Morgan fingerprint density at radius 3 is 2.26 bits per heavy atom. The standard InChI is InChI=1S/C17H26N2O3.ClH/c1-11-9-14(21-3)15(22-4)10-13(11)12(2)19-16(20)17(18)7-5-6-8-17;/h9-10,12H,5-8,18H2,1-4H3,(H,19,20);1H. The average molecular weight is 343 g/mol. The zero-order chi connectivity index (χ0) is 16.3. The number of hydrogen-bond donors (Lipinski definition) is 2. The highest BCUT2D eigenvalue weighted by Crippen LogP contribution is 2.33. The van der Waals surface area contributed by atoms with Gasteiger partial charge in [0.2, 0.25) is 5.91 Å². The number of methoxy groups -OCH3 is 2. The lowest BCUT2D eigenvalue weighted by Gasteiger charge is -2.26. The van der Waals surface area contributed by atoms with Gasteiger partial charge in [0.1, 0.15) is 0 Å². The summed E-state index contributed by atoms with van der Waals surface area (Å²) >= 11 is 0. The highest BCUT2D eigenvalue weighted by atomic mass is 35.5. The third kappa shape index (κ3) is 4.09. The summed E-state index contributed by atoms with van der Waals surface area (Å²) in [4.78, 5) is 12.4. The number of hydrogen-bond acceptors (Lipinski definition) is 4. The van der Waals surface area contributed by atoms with Crippen LogP contribution in [0.15, 0.2) is 12.1 Å². The van der Waals surface area contributed by atoms with Gasteiger partial charge in [-0.1, -0.05) is 12.8 Å². The van der Waals surface area contributed by atoms with E-state index in [1.54, 1.807) is 14.2 Å². The van der Waals surface area contributed by atoms with Gasteiger partial charge in [0.15, 0.2) is 11.5 Å². The molecule has 1 aliphatic carbocycles. The van der Waals surface area contributed by atoms with Gasteiger partial charge in [-0.25, -0.2) is 0 Å². The summed E-state index contributed by atoms with van der Waals surface area (Å²) in [5.74, 6) is 1.28. The monoisotopic (exact) mass is 342 g/mol. The van der Waals surface area contributed by atoms with Gasteiger partial charge in [0.05, 0.1) is 25.8 Å². The molecule has 0 aliphatic heterocycles. The van der Waals surface area contributed by atoms with E-state index in [9.17, 15) is 4.79 Å². The lowest BCUT2D eigenvalue weighted by atomic mass is 9.96. The second kappa shape index (κ2) is 7.88. The molecule has 1 unspecified atom stereocenters. The molecule has 0 saturated heterocycles. The van der Waals surface area contributed by atoms with E-state index in [4.69, 9.17) is 15.2 Å². The van der Waals surface area contributed by atoms with Crippen LogP contribution in [0.2, 0.25) is 0 Å². The van der Waals surface area contributed by atoms with Crippen LogP contribution in [-0.4, -0.2) is 25.7 Å². The largest absolute Gasteiger partial charge is 0.493 e. The maximum atomic E-state index is 12.4. The topological polar surface area (TPSA) is 73.6 Å². The van der Waals surface area contributed by atoms with Crippen LogP contribution in [0.5, 0.6) is 11.5 Å². The Labute approximate surface area is 144 Å². The Hall–Kier alpha value is -1.46. The molecule has 1 amide bonds. The van der Waals surface area contributed by atoms with Crippen LogP contribution in [0.4, 0.5) is 0 Å². The van der Waals surface area contributed by atoms with Crippen LogP contribution in [0.25, 0.3) is 0 Å². The molecule has 23 heavy (non-hydrogen) atoms. The number of ether oxygens (including phenoxy) is 2. The van der Waals surface area contributed by atoms with Crippen LogP contribution >= 0.6 is 12.4 Å². The van der Waals surface area contributed by atoms with Crippen molar-refractivity contribution in [1.82, 2.24) is 5.32 Å². The summed E-state index contributed by atoms with van der Waals surface area (Å²) in [5.41, 5.74) is 7.55. The number of amides is 1. The molecule has 6 heteroatoms. The minimum Gasteiger partial charge on any atom is -0.493 e. The quantitative estimate of drug-likeness (QED) is 0.863. The molecule has 1 atom stereocenters. The Kier molecular flexibility index (Phi) is 6.71. The Morgan fingerprint density at radius 1 is 1.22 bits per heavy atom. The number of nitrogens with two attached hydrogens (primary N) is 1. The maximum Gasteiger partial charge on any atom is 0.240 e. The van der Waals surface area contributed by atoms with Gasteiger partial charge >= 0.3 is 0 Å². The number of halogens is 1. The predicted octanol–water partition coefficient (Wildman–Crippen LogP) is 2.88. The Balaban J connectivity index is 0.00000264. The smallest absolute Gasteiger partial charge is 0.240 e. The summed E-state index contributed by atoms with van der Waals surface area (Å²) in [6.45, 7) is 3.96. The van der Waals surface area contributed by atoms with Crippen molar-refractivity contribution >= 4 is 18.3 Å². The zero-order valence-corrected chi connectivity index (χ0v) is 15.1. The molecule has 0 heterocycles. The van der Waals surface area contributed by atoms with Crippen molar-refractivity contribution in [2.24, 2.45) is 5.73 Å². The summed E-state index contributed by atoms with van der Waals surface area (Å²) in [6.07, 6.45) is 3.56. The fourth-order valence-electron chi connectivity index (χ4n) is 3.11. The molecule has 1 aromatic rings. The van der Waals surface area contributed by atoms with E-state index in [-0.39, 0.29) is 24.4 Å². The number of rotatable bonds is 5. The molecule has 1 fully saturated rings. The molecule has 1 aromatic carbocycles. The molecule has 1 saturated carbocycles.